The van der Waals surface area contributed by atoms with Crippen molar-refractivity contribution in [1.29, 1.82) is 5.26 Å². The summed E-state index contributed by atoms with van der Waals surface area (Å²) in [5, 5.41) is 9.79. The molecule has 0 aliphatic rings. The SMILES string of the molecule is CCC(N)C(C#N)(c1ccc(OC)c(OC)c1)C(C)C. The fraction of sp³-hybridized carbons (Fsp3) is 0.562. The van der Waals surface area contributed by atoms with E-state index in [1.165, 1.54) is 0 Å². The number of nitrogens with zero attached hydrogens (tertiary/aromatic N) is 1. The summed E-state index contributed by atoms with van der Waals surface area (Å²) in [4.78, 5) is 0. The maximum atomic E-state index is 9.79. The highest BCUT2D eigenvalue weighted by molar-refractivity contribution is 5.48. The smallest absolute Gasteiger partial charge is 0.161 e. The number of hydrogen-bond donors (Lipinski definition) is 1. The van der Waals surface area contributed by atoms with Gasteiger partial charge in [-0.15, -0.1) is 0 Å². The van der Waals surface area contributed by atoms with Crippen molar-refractivity contribution < 1.29 is 9.47 Å². The minimum Gasteiger partial charge on any atom is -0.493 e. The monoisotopic (exact) mass is 276 g/mol. The van der Waals surface area contributed by atoms with Crippen molar-refractivity contribution in [2.75, 3.05) is 14.2 Å². The van der Waals surface area contributed by atoms with E-state index in [1.54, 1.807) is 14.2 Å². The van der Waals surface area contributed by atoms with Crippen LogP contribution >= 0.6 is 0 Å². The molecule has 1 aromatic carbocycles. The largest absolute Gasteiger partial charge is 0.493 e. The van der Waals surface area contributed by atoms with Gasteiger partial charge in [0, 0.05) is 6.04 Å². The molecule has 0 amide bonds. The van der Waals surface area contributed by atoms with Crippen LogP contribution in [0.25, 0.3) is 0 Å². The molecule has 110 valence electrons. The first-order chi connectivity index (χ1) is 9.47. The van der Waals surface area contributed by atoms with E-state index in [2.05, 4.69) is 6.07 Å². The summed E-state index contributed by atoms with van der Waals surface area (Å²) < 4.78 is 10.6. The van der Waals surface area contributed by atoms with Crippen molar-refractivity contribution in [3.05, 3.63) is 23.8 Å². The summed E-state index contributed by atoms with van der Waals surface area (Å²) in [7, 11) is 3.18. The average Bonchev–Trinajstić information content (AvgIpc) is 2.47. The first kappa shape index (κ1) is 16.3. The molecule has 0 bridgehead atoms. The van der Waals surface area contributed by atoms with Crippen molar-refractivity contribution in [2.45, 2.75) is 38.6 Å². The predicted octanol–water partition coefficient (Wildman–Crippen LogP) is 2.86. The van der Waals surface area contributed by atoms with Crippen LogP contribution in [0.15, 0.2) is 18.2 Å². The van der Waals surface area contributed by atoms with Crippen LogP contribution < -0.4 is 15.2 Å². The van der Waals surface area contributed by atoms with Crippen molar-refractivity contribution in [1.82, 2.24) is 0 Å². The summed E-state index contributed by atoms with van der Waals surface area (Å²) in [5.41, 5.74) is 6.41. The Bertz CT molecular complexity index is 494. The molecular formula is C16H24N2O2. The molecule has 1 rings (SSSR count). The summed E-state index contributed by atoms with van der Waals surface area (Å²) in [6.45, 7) is 6.05. The van der Waals surface area contributed by atoms with Crippen LogP contribution in [0.2, 0.25) is 0 Å². The Balaban J connectivity index is 3.47. The number of ether oxygens (including phenoxy) is 2. The van der Waals surface area contributed by atoms with Gasteiger partial charge in [-0.1, -0.05) is 26.8 Å². The number of nitrogens with two attached hydrogens (primary N) is 1. The van der Waals surface area contributed by atoms with Gasteiger partial charge in [-0.25, -0.2) is 0 Å². The van der Waals surface area contributed by atoms with E-state index in [4.69, 9.17) is 15.2 Å². The van der Waals surface area contributed by atoms with E-state index in [9.17, 15) is 5.26 Å². The molecule has 2 atom stereocenters. The van der Waals surface area contributed by atoms with Gasteiger partial charge in [0.15, 0.2) is 11.5 Å². The van der Waals surface area contributed by atoms with E-state index in [1.807, 2.05) is 39.0 Å². The Morgan fingerprint density at radius 1 is 1.25 bits per heavy atom. The molecule has 0 aromatic heterocycles. The normalized spacial score (nSPS) is 15.3. The lowest BCUT2D eigenvalue weighted by Crippen LogP contribution is -2.48. The number of rotatable bonds is 6. The number of benzene rings is 1. The van der Waals surface area contributed by atoms with E-state index in [0.717, 1.165) is 12.0 Å². The van der Waals surface area contributed by atoms with Crippen molar-refractivity contribution in [2.24, 2.45) is 11.7 Å². The molecule has 0 fully saturated rings. The molecule has 0 radical (unpaired) electrons. The van der Waals surface area contributed by atoms with E-state index >= 15 is 0 Å². The first-order valence-electron chi connectivity index (χ1n) is 6.87. The molecule has 0 saturated carbocycles. The number of hydrogen-bond acceptors (Lipinski definition) is 4. The maximum Gasteiger partial charge on any atom is 0.161 e. The van der Waals surface area contributed by atoms with Gasteiger partial charge >= 0.3 is 0 Å². The van der Waals surface area contributed by atoms with Gasteiger partial charge in [0.2, 0.25) is 0 Å². The third-order valence-electron chi connectivity index (χ3n) is 3.98. The minimum absolute atomic E-state index is 0.0977. The summed E-state index contributed by atoms with van der Waals surface area (Å²) in [6.07, 6.45) is 0.736. The summed E-state index contributed by atoms with van der Waals surface area (Å²) in [5.74, 6) is 1.37. The highest BCUT2D eigenvalue weighted by Gasteiger charge is 2.41. The molecule has 20 heavy (non-hydrogen) atoms. The second-order valence-corrected chi connectivity index (χ2v) is 5.22. The number of nitriles is 1. The highest BCUT2D eigenvalue weighted by Crippen LogP contribution is 2.39. The molecule has 1 aromatic rings. The Kier molecular flexibility index (Phi) is 5.41. The van der Waals surface area contributed by atoms with Crippen molar-refractivity contribution in [3.8, 4) is 17.6 Å². The van der Waals surface area contributed by atoms with Gasteiger partial charge in [-0.3, -0.25) is 0 Å². The molecular weight excluding hydrogens is 252 g/mol. The van der Waals surface area contributed by atoms with E-state index < -0.39 is 5.41 Å². The Morgan fingerprint density at radius 3 is 2.25 bits per heavy atom. The molecule has 0 aliphatic carbocycles. The van der Waals surface area contributed by atoms with Crippen LogP contribution in [0.3, 0.4) is 0 Å². The van der Waals surface area contributed by atoms with Crippen LogP contribution in [-0.2, 0) is 5.41 Å². The van der Waals surface area contributed by atoms with Crippen LogP contribution in [0, 0.1) is 17.2 Å². The number of methoxy groups -OCH3 is 2. The standard InChI is InChI=1S/C16H24N2O2/c1-6-15(18)16(10-17,11(2)3)12-7-8-13(19-4)14(9-12)20-5/h7-9,11,15H,6,18H2,1-5H3. The van der Waals surface area contributed by atoms with Crippen molar-refractivity contribution in [3.63, 3.8) is 0 Å². The Labute approximate surface area is 121 Å². The lowest BCUT2D eigenvalue weighted by molar-refractivity contribution is 0.314. The molecule has 0 aliphatic heterocycles. The first-order valence-corrected chi connectivity index (χ1v) is 6.87. The van der Waals surface area contributed by atoms with Crippen LogP contribution in [0.1, 0.15) is 32.8 Å². The van der Waals surface area contributed by atoms with Crippen molar-refractivity contribution >= 4 is 0 Å². The summed E-state index contributed by atoms with van der Waals surface area (Å²) >= 11 is 0. The molecule has 0 heterocycles. The van der Waals surface area contributed by atoms with Crippen LogP contribution in [-0.4, -0.2) is 20.3 Å². The zero-order valence-corrected chi connectivity index (χ0v) is 12.9. The van der Waals surface area contributed by atoms with Gasteiger partial charge in [0.25, 0.3) is 0 Å². The fourth-order valence-corrected chi connectivity index (χ4v) is 2.67. The third-order valence-corrected chi connectivity index (χ3v) is 3.98. The molecule has 4 heteroatoms. The maximum absolute atomic E-state index is 9.79. The van der Waals surface area contributed by atoms with Gasteiger partial charge in [0.05, 0.1) is 25.7 Å². The second-order valence-electron chi connectivity index (χ2n) is 5.22. The van der Waals surface area contributed by atoms with Crippen LogP contribution in [0.5, 0.6) is 11.5 Å². The quantitative estimate of drug-likeness (QED) is 0.867. The third kappa shape index (κ3) is 2.59. The summed E-state index contributed by atoms with van der Waals surface area (Å²) in [6, 6.07) is 7.80. The lowest BCUT2D eigenvalue weighted by atomic mass is 9.67. The zero-order valence-electron chi connectivity index (χ0n) is 12.9. The van der Waals surface area contributed by atoms with Crippen LogP contribution in [0.4, 0.5) is 0 Å². The Hall–Kier alpha value is -1.73. The van der Waals surface area contributed by atoms with Gasteiger partial charge in [0.1, 0.15) is 0 Å². The highest BCUT2D eigenvalue weighted by atomic mass is 16.5. The van der Waals surface area contributed by atoms with E-state index in [0.29, 0.717) is 11.5 Å². The molecule has 2 N–H and O–H groups in total. The average molecular weight is 276 g/mol. The second kappa shape index (κ2) is 6.62. The Morgan fingerprint density at radius 2 is 1.85 bits per heavy atom. The molecule has 4 nitrogen and oxygen atoms in total. The topological polar surface area (TPSA) is 68.3 Å². The fourth-order valence-electron chi connectivity index (χ4n) is 2.67. The molecule has 0 spiro atoms. The molecule has 2 unspecified atom stereocenters. The molecule has 0 saturated heterocycles. The van der Waals surface area contributed by atoms with E-state index in [-0.39, 0.29) is 12.0 Å². The zero-order chi connectivity index (χ0) is 15.3. The van der Waals surface area contributed by atoms with Gasteiger partial charge in [-0.05, 0) is 30.0 Å². The lowest BCUT2D eigenvalue weighted by Gasteiger charge is -2.36. The predicted molar refractivity (Wildman–Crippen MR) is 79.9 cm³/mol. The minimum atomic E-state index is -0.728. The van der Waals surface area contributed by atoms with Gasteiger partial charge < -0.3 is 15.2 Å². The van der Waals surface area contributed by atoms with Gasteiger partial charge in [-0.2, -0.15) is 5.26 Å².